The molecule has 6 heteroatoms. The van der Waals surface area contributed by atoms with Crippen molar-refractivity contribution in [1.29, 1.82) is 0 Å². The number of rotatable bonds is 4. The van der Waals surface area contributed by atoms with Crippen molar-refractivity contribution in [3.05, 3.63) is 40.8 Å². The number of benzene rings is 1. The molecule has 0 atom stereocenters. The van der Waals surface area contributed by atoms with Crippen molar-refractivity contribution in [1.82, 2.24) is 10.2 Å². The molecular weight excluding hydrogens is 296 g/mol. The molecule has 2 aromatic rings. The lowest BCUT2D eigenvalue weighted by Crippen LogP contribution is -2.44. The summed E-state index contributed by atoms with van der Waals surface area (Å²) in [5.74, 6) is 0.375. The van der Waals surface area contributed by atoms with E-state index in [1.165, 1.54) is 6.07 Å². The highest BCUT2D eigenvalue weighted by molar-refractivity contribution is 5.79. The average molecular weight is 316 g/mol. The third-order valence-corrected chi connectivity index (χ3v) is 4.05. The number of carbonyl (C=O) groups is 1. The average Bonchev–Trinajstić information content (AvgIpc) is 2.54. The molecule has 0 radical (unpaired) electrons. The first-order valence-electron chi connectivity index (χ1n) is 7.75. The molecule has 2 heterocycles. The number of hydrogen-bond acceptors (Lipinski definition) is 5. The van der Waals surface area contributed by atoms with E-state index < -0.39 is 5.63 Å². The van der Waals surface area contributed by atoms with Crippen LogP contribution in [0.4, 0.5) is 0 Å². The Labute approximate surface area is 134 Å². The van der Waals surface area contributed by atoms with Crippen molar-refractivity contribution in [2.45, 2.75) is 18.9 Å². The first kappa shape index (κ1) is 15.6. The van der Waals surface area contributed by atoms with Crippen LogP contribution in [0, 0.1) is 0 Å². The van der Waals surface area contributed by atoms with Crippen molar-refractivity contribution in [3.8, 4) is 5.75 Å². The first-order valence-corrected chi connectivity index (χ1v) is 7.75. The van der Waals surface area contributed by atoms with E-state index >= 15 is 0 Å². The van der Waals surface area contributed by atoms with E-state index in [4.69, 9.17) is 9.15 Å². The molecule has 1 aliphatic heterocycles. The van der Waals surface area contributed by atoms with Crippen LogP contribution in [0.3, 0.4) is 0 Å². The Morgan fingerprint density at radius 2 is 2.04 bits per heavy atom. The van der Waals surface area contributed by atoms with E-state index in [-0.39, 0.29) is 18.6 Å². The van der Waals surface area contributed by atoms with E-state index in [9.17, 15) is 9.59 Å². The largest absolute Gasteiger partial charge is 0.484 e. The van der Waals surface area contributed by atoms with Gasteiger partial charge in [-0.3, -0.25) is 4.79 Å². The zero-order chi connectivity index (χ0) is 16.2. The molecule has 0 aliphatic carbocycles. The Bertz CT molecular complexity index is 748. The molecule has 0 bridgehead atoms. The molecule has 1 aliphatic rings. The fourth-order valence-electron chi connectivity index (χ4n) is 2.70. The Morgan fingerprint density at radius 1 is 1.30 bits per heavy atom. The van der Waals surface area contributed by atoms with Gasteiger partial charge >= 0.3 is 5.63 Å². The van der Waals surface area contributed by atoms with E-state index in [2.05, 4.69) is 17.3 Å². The lowest BCUT2D eigenvalue weighted by Gasteiger charge is -2.29. The molecule has 0 spiro atoms. The fourth-order valence-corrected chi connectivity index (χ4v) is 2.70. The van der Waals surface area contributed by atoms with Gasteiger partial charge in [0.2, 0.25) is 0 Å². The SMILES string of the molecule is CN1CCC(NC(=O)COc2ccc3ccc(=O)oc3c2)CC1. The van der Waals surface area contributed by atoms with Crippen molar-refractivity contribution in [2.75, 3.05) is 26.7 Å². The summed E-state index contributed by atoms with van der Waals surface area (Å²) < 4.78 is 10.6. The Hall–Kier alpha value is -2.34. The van der Waals surface area contributed by atoms with E-state index in [0.717, 1.165) is 31.3 Å². The van der Waals surface area contributed by atoms with Crippen LogP contribution in [-0.2, 0) is 4.79 Å². The van der Waals surface area contributed by atoms with Crippen molar-refractivity contribution < 1.29 is 13.9 Å². The van der Waals surface area contributed by atoms with Gasteiger partial charge in [0.15, 0.2) is 6.61 Å². The summed E-state index contributed by atoms with van der Waals surface area (Å²) in [6, 6.07) is 8.46. The van der Waals surface area contributed by atoms with Gasteiger partial charge in [-0.15, -0.1) is 0 Å². The number of ether oxygens (including phenoxy) is 1. The van der Waals surface area contributed by atoms with Gasteiger partial charge in [-0.2, -0.15) is 0 Å². The molecule has 122 valence electrons. The third-order valence-electron chi connectivity index (χ3n) is 4.05. The van der Waals surface area contributed by atoms with Crippen LogP contribution < -0.4 is 15.7 Å². The number of carbonyl (C=O) groups excluding carboxylic acids is 1. The Morgan fingerprint density at radius 3 is 2.83 bits per heavy atom. The van der Waals surface area contributed by atoms with Gasteiger partial charge in [0.25, 0.3) is 5.91 Å². The summed E-state index contributed by atoms with van der Waals surface area (Å²) in [6.07, 6.45) is 1.92. The molecule has 1 aromatic heterocycles. The van der Waals surface area contributed by atoms with E-state index in [1.807, 2.05) is 0 Å². The summed E-state index contributed by atoms with van der Waals surface area (Å²) in [6.45, 7) is 1.94. The summed E-state index contributed by atoms with van der Waals surface area (Å²) in [7, 11) is 2.08. The minimum atomic E-state index is -0.408. The molecule has 1 saturated heterocycles. The van der Waals surface area contributed by atoms with Crippen molar-refractivity contribution in [3.63, 3.8) is 0 Å². The Kier molecular flexibility index (Phi) is 4.62. The van der Waals surface area contributed by atoms with Crippen LogP contribution in [0.2, 0.25) is 0 Å². The second-order valence-corrected chi connectivity index (χ2v) is 5.89. The van der Waals surface area contributed by atoms with Crippen LogP contribution in [0.5, 0.6) is 5.75 Å². The molecule has 1 aromatic carbocycles. The third kappa shape index (κ3) is 4.10. The quantitative estimate of drug-likeness (QED) is 0.863. The fraction of sp³-hybridized carbons (Fsp3) is 0.412. The zero-order valence-electron chi connectivity index (χ0n) is 13.1. The maximum atomic E-state index is 12.0. The van der Waals surface area contributed by atoms with Crippen LogP contribution in [0.15, 0.2) is 39.5 Å². The molecule has 23 heavy (non-hydrogen) atoms. The lowest BCUT2D eigenvalue weighted by molar-refractivity contribution is -0.124. The molecule has 0 saturated carbocycles. The summed E-state index contributed by atoms with van der Waals surface area (Å²) >= 11 is 0. The van der Waals surface area contributed by atoms with Crippen LogP contribution >= 0.6 is 0 Å². The molecule has 0 unspecified atom stereocenters. The smallest absolute Gasteiger partial charge is 0.336 e. The predicted octanol–water partition coefficient (Wildman–Crippen LogP) is 1.38. The second-order valence-electron chi connectivity index (χ2n) is 5.89. The summed E-state index contributed by atoms with van der Waals surface area (Å²) in [5, 5.41) is 3.80. The van der Waals surface area contributed by atoms with Gasteiger partial charge in [-0.25, -0.2) is 4.79 Å². The van der Waals surface area contributed by atoms with E-state index in [0.29, 0.717) is 11.3 Å². The Balaban J connectivity index is 1.55. The highest BCUT2D eigenvalue weighted by atomic mass is 16.5. The topological polar surface area (TPSA) is 71.8 Å². The molecule has 1 fully saturated rings. The van der Waals surface area contributed by atoms with Gasteiger partial charge in [-0.05, 0) is 51.2 Å². The number of piperidine rings is 1. The van der Waals surface area contributed by atoms with Crippen LogP contribution in [0.1, 0.15) is 12.8 Å². The second kappa shape index (κ2) is 6.83. The molecule has 6 nitrogen and oxygen atoms in total. The monoisotopic (exact) mass is 316 g/mol. The molecule has 1 N–H and O–H groups in total. The number of likely N-dealkylation sites (tertiary alicyclic amines) is 1. The van der Waals surface area contributed by atoms with Gasteiger partial charge in [0.1, 0.15) is 11.3 Å². The van der Waals surface area contributed by atoms with Crippen LogP contribution in [-0.4, -0.2) is 43.6 Å². The first-order chi connectivity index (χ1) is 11.1. The molecular formula is C17H20N2O4. The van der Waals surface area contributed by atoms with Crippen molar-refractivity contribution >= 4 is 16.9 Å². The molecule has 1 amide bonds. The highest BCUT2D eigenvalue weighted by Crippen LogP contribution is 2.19. The lowest BCUT2D eigenvalue weighted by atomic mass is 10.1. The van der Waals surface area contributed by atoms with Crippen LogP contribution in [0.25, 0.3) is 11.0 Å². The van der Waals surface area contributed by atoms with E-state index in [1.54, 1.807) is 24.3 Å². The van der Waals surface area contributed by atoms with Gasteiger partial charge < -0.3 is 19.4 Å². The van der Waals surface area contributed by atoms with Gasteiger partial charge in [0, 0.05) is 23.6 Å². The highest BCUT2D eigenvalue weighted by Gasteiger charge is 2.18. The summed E-state index contributed by atoms with van der Waals surface area (Å²) in [5.41, 5.74) is 0.0420. The standard InChI is InChI=1S/C17H20N2O4/c1-19-8-6-13(7-9-19)18-16(20)11-22-14-4-2-12-3-5-17(21)23-15(12)10-14/h2-5,10,13H,6-9,11H2,1H3,(H,18,20). The van der Waals surface area contributed by atoms with Gasteiger partial charge in [-0.1, -0.05) is 0 Å². The predicted molar refractivity (Wildman–Crippen MR) is 86.6 cm³/mol. The normalized spacial score (nSPS) is 16.4. The van der Waals surface area contributed by atoms with Gasteiger partial charge in [0.05, 0.1) is 0 Å². The number of fused-ring (bicyclic) bond motifs is 1. The number of amides is 1. The molecule has 3 rings (SSSR count). The maximum Gasteiger partial charge on any atom is 0.336 e. The zero-order valence-corrected chi connectivity index (χ0v) is 13.1. The maximum absolute atomic E-state index is 12.0. The summed E-state index contributed by atoms with van der Waals surface area (Å²) in [4.78, 5) is 25.4. The number of hydrogen-bond donors (Lipinski definition) is 1. The number of nitrogens with zero attached hydrogens (tertiary/aromatic N) is 1. The number of nitrogens with one attached hydrogen (secondary N) is 1. The van der Waals surface area contributed by atoms with Crippen molar-refractivity contribution in [2.24, 2.45) is 0 Å². The minimum absolute atomic E-state index is 0.0467. The minimum Gasteiger partial charge on any atom is -0.484 e.